The summed E-state index contributed by atoms with van der Waals surface area (Å²) in [4.78, 5) is 2.55. The van der Waals surface area contributed by atoms with Crippen LogP contribution in [-0.4, -0.2) is 37.6 Å². The smallest absolute Gasteiger partial charge is 0.0864 e. The highest BCUT2D eigenvalue weighted by molar-refractivity contribution is 5.32. The van der Waals surface area contributed by atoms with Crippen LogP contribution in [0.2, 0.25) is 0 Å². The normalized spacial score (nSPS) is 26.4. The number of hydrogen-bond acceptors (Lipinski definition) is 3. The molecule has 3 nitrogen and oxygen atoms in total. The highest BCUT2D eigenvalue weighted by Crippen LogP contribution is 2.25. The van der Waals surface area contributed by atoms with Gasteiger partial charge in [0.05, 0.1) is 6.17 Å². The summed E-state index contributed by atoms with van der Waals surface area (Å²) in [5.74, 6) is 0. The van der Waals surface area contributed by atoms with Crippen LogP contribution in [-0.2, 0) is 6.42 Å². The quantitative estimate of drug-likeness (QED) is 0.726. The van der Waals surface area contributed by atoms with Crippen molar-refractivity contribution in [2.45, 2.75) is 12.6 Å². The molecule has 2 heterocycles. The van der Waals surface area contributed by atoms with E-state index >= 15 is 0 Å². The first-order chi connectivity index (χ1) is 7.95. The molecule has 0 amide bonds. The van der Waals surface area contributed by atoms with E-state index in [-0.39, 0.29) is 0 Å². The summed E-state index contributed by atoms with van der Waals surface area (Å²) in [5.41, 5.74) is 3.00. The zero-order valence-electron chi connectivity index (χ0n) is 9.58. The summed E-state index contributed by atoms with van der Waals surface area (Å²) in [5, 5.41) is 7.05. The molecule has 1 aromatic carbocycles. The van der Waals surface area contributed by atoms with Gasteiger partial charge in [0.1, 0.15) is 0 Å². The SMILES string of the molecule is c1ccc2c(c1)CCNC2N1CCNCC1. The largest absolute Gasteiger partial charge is 0.314 e. The average molecular weight is 217 g/mol. The van der Waals surface area contributed by atoms with E-state index in [1.807, 2.05) is 0 Å². The van der Waals surface area contributed by atoms with Crippen LogP contribution in [0, 0.1) is 0 Å². The van der Waals surface area contributed by atoms with Gasteiger partial charge in [0.25, 0.3) is 0 Å². The van der Waals surface area contributed by atoms with E-state index in [4.69, 9.17) is 0 Å². The van der Waals surface area contributed by atoms with Gasteiger partial charge in [-0.1, -0.05) is 24.3 Å². The predicted molar refractivity (Wildman–Crippen MR) is 65.3 cm³/mol. The fourth-order valence-corrected chi connectivity index (χ4v) is 2.75. The van der Waals surface area contributed by atoms with Gasteiger partial charge in [-0.2, -0.15) is 0 Å². The van der Waals surface area contributed by atoms with Gasteiger partial charge < -0.3 is 5.32 Å². The lowest BCUT2D eigenvalue weighted by Gasteiger charge is -2.38. The van der Waals surface area contributed by atoms with Crippen LogP contribution in [0.1, 0.15) is 17.3 Å². The van der Waals surface area contributed by atoms with Crippen LogP contribution in [0.5, 0.6) is 0 Å². The second-order valence-corrected chi connectivity index (χ2v) is 4.59. The Labute approximate surface area is 96.8 Å². The van der Waals surface area contributed by atoms with Crippen LogP contribution >= 0.6 is 0 Å². The Morgan fingerprint density at radius 3 is 2.75 bits per heavy atom. The Kier molecular flexibility index (Phi) is 2.91. The maximum absolute atomic E-state index is 3.64. The van der Waals surface area contributed by atoms with Crippen molar-refractivity contribution in [2.24, 2.45) is 0 Å². The third kappa shape index (κ3) is 1.86. The van der Waals surface area contributed by atoms with Gasteiger partial charge in [-0.05, 0) is 17.5 Å². The Morgan fingerprint density at radius 2 is 1.88 bits per heavy atom. The molecule has 1 saturated heterocycles. The summed E-state index contributed by atoms with van der Waals surface area (Å²) >= 11 is 0. The van der Waals surface area contributed by atoms with Crippen LogP contribution in [0.25, 0.3) is 0 Å². The highest BCUT2D eigenvalue weighted by Gasteiger charge is 2.25. The number of fused-ring (bicyclic) bond motifs is 1. The Balaban J connectivity index is 1.86. The zero-order valence-corrected chi connectivity index (χ0v) is 9.58. The molecular weight excluding hydrogens is 198 g/mol. The van der Waals surface area contributed by atoms with Gasteiger partial charge in [-0.25, -0.2) is 0 Å². The molecule has 0 aromatic heterocycles. The summed E-state index contributed by atoms with van der Waals surface area (Å²) in [7, 11) is 0. The van der Waals surface area contributed by atoms with Gasteiger partial charge in [-0.3, -0.25) is 10.2 Å². The van der Waals surface area contributed by atoms with E-state index < -0.39 is 0 Å². The fraction of sp³-hybridized carbons (Fsp3) is 0.538. The molecule has 2 aliphatic heterocycles. The lowest BCUT2D eigenvalue weighted by Crippen LogP contribution is -2.50. The molecule has 1 unspecified atom stereocenters. The number of piperazine rings is 1. The predicted octanol–water partition coefficient (Wildman–Crippen LogP) is 0.736. The van der Waals surface area contributed by atoms with Crippen LogP contribution in [0.15, 0.2) is 24.3 Å². The van der Waals surface area contributed by atoms with Gasteiger partial charge in [0, 0.05) is 32.7 Å². The van der Waals surface area contributed by atoms with Crippen molar-refractivity contribution in [2.75, 3.05) is 32.7 Å². The molecule has 3 heteroatoms. The van der Waals surface area contributed by atoms with Gasteiger partial charge in [0.2, 0.25) is 0 Å². The first-order valence-electron chi connectivity index (χ1n) is 6.21. The van der Waals surface area contributed by atoms with Crippen molar-refractivity contribution in [1.29, 1.82) is 0 Å². The van der Waals surface area contributed by atoms with Gasteiger partial charge in [0.15, 0.2) is 0 Å². The number of benzene rings is 1. The van der Waals surface area contributed by atoms with E-state index in [2.05, 4.69) is 39.8 Å². The summed E-state index contributed by atoms with van der Waals surface area (Å²) in [6.45, 7) is 5.62. The molecule has 0 aliphatic carbocycles. The minimum absolute atomic E-state index is 0.437. The molecule has 0 saturated carbocycles. The molecule has 2 aliphatic rings. The molecule has 0 bridgehead atoms. The molecule has 1 fully saturated rings. The standard InChI is InChI=1S/C13H19N3/c1-2-4-12-11(3-1)5-6-15-13(12)16-9-7-14-8-10-16/h1-4,13-15H,5-10H2. The van der Waals surface area contributed by atoms with Gasteiger partial charge in [-0.15, -0.1) is 0 Å². The van der Waals surface area contributed by atoms with E-state index in [0.29, 0.717) is 6.17 Å². The van der Waals surface area contributed by atoms with Crippen LogP contribution in [0.3, 0.4) is 0 Å². The minimum Gasteiger partial charge on any atom is -0.314 e. The maximum Gasteiger partial charge on any atom is 0.0864 e. The monoisotopic (exact) mass is 217 g/mol. The Bertz CT molecular complexity index is 358. The van der Waals surface area contributed by atoms with E-state index in [1.54, 1.807) is 0 Å². The van der Waals surface area contributed by atoms with Gasteiger partial charge >= 0.3 is 0 Å². The first kappa shape index (κ1) is 10.3. The lowest BCUT2D eigenvalue weighted by molar-refractivity contribution is 0.141. The molecule has 3 rings (SSSR count). The van der Waals surface area contributed by atoms with Crippen molar-refractivity contribution in [3.8, 4) is 0 Å². The topological polar surface area (TPSA) is 27.3 Å². The summed E-state index contributed by atoms with van der Waals surface area (Å²) in [6.07, 6.45) is 1.60. The first-order valence-corrected chi connectivity index (χ1v) is 6.21. The molecule has 2 N–H and O–H groups in total. The van der Waals surface area contributed by atoms with Crippen molar-refractivity contribution >= 4 is 0 Å². The van der Waals surface area contributed by atoms with Crippen molar-refractivity contribution in [1.82, 2.24) is 15.5 Å². The molecule has 0 spiro atoms. The fourth-order valence-electron chi connectivity index (χ4n) is 2.75. The third-order valence-corrected chi connectivity index (χ3v) is 3.60. The molecule has 86 valence electrons. The molecule has 0 radical (unpaired) electrons. The minimum atomic E-state index is 0.437. The number of rotatable bonds is 1. The number of nitrogens with one attached hydrogen (secondary N) is 2. The third-order valence-electron chi connectivity index (χ3n) is 3.60. The highest BCUT2D eigenvalue weighted by atomic mass is 15.3. The number of hydrogen-bond donors (Lipinski definition) is 2. The average Bonchev–Trinajstić information content (AvgIpc) is 2.39. The molecular formula is C13H19N3. The van der Waals surface area contributed by atoms with Crippen LogP contribution in [0.4, 0.5) is 0 Å². The van der Waals surface area contributed by atoms with Crippen molar-refractivity contribution < 1.29 is 0 Å². The number of nitrogens with zero attached hydrogens (tertiary/aromatic N) is 1. The van der Waals surface area contributed by atoms with E-state index in [9.17, 15) is 0 Å². The second-order valence-electron chi connectivity index (χ2n) is 4.59. The van der Waals surface area contributed by atoms with E-state index in [0.717, 1.165) is 32.7 Å². The summed E-state index contributed by atoms with van der Waals surface area (Å²) in [6, 6.07) is 8.85. The molecule has 1 atom stereocenters. The van der Waals surface area contributed by atoms with Crippen LogP contribution < -0.4 is 10.6 Å². The summed E-state index contributed by atoms with van der Waals surface area (Å²) < 4.78 is 0. The van der Waals surface area contributed by atoms with Crippen molar-refractivity contribution in [3.05, 3.63) is 35.4 Å². The van der Waals surface area contributed by atoms with Crippen molar-refractivity contribution in [3.63, 3.8) is 0 Å². The Hall–Kier alpha value is -0.900. The lowest BCUT2D eigenvalue weighted by atomic mass is 9.97. The second kappa shape index (κ2) is 4.53. The molecule has 16 heavy (non-hydrogen) atoms. The Morgan fingerprint density at radius 1 is 1.06 bits per heavy atom. The maximum atomic E-state index is 3.64. The zero-order chi connectivity index (χ0) is 10.8. The van der Waals surface area contributed by atoms with E-state index in [1.165, 1.54) is 17.5 Å². The molecule has 1 aromatic rings.